The second-order valence-electron chi connectivity index (χ2n) is 6.50. The lowest BCUT2D eigenvalue weighted by Gasteiger charge is -2.28. The second-order valence-corrected chi connectivity index (χ2v) is 7.41. The highest BCUT2D eigenvalue weighted by Gasteiger charge is 2.24. The Labute approximate surface area is 120 Å². The number of hydrogen-bond donors (Lipinski definition) is 1. The van der Waals surface area contributed by atoms with Crippen molar-refractivity contribution in [2.75, 3.05) is 6.54 Å². The Balaban J connectivity index is 3.93. The Hall–Kier alpha value is 0.250. The molecule has 0 aliphatic carbocycles. The zero-order valence-electron chi connectivity index (χ0n) is 13.0. The molecule has 18 heavy (non-hydrogen) atoms. The minimum absolute atomic E-state index is 0.0565. The van der Waals surface area contributed by atoms with Crippen LogP contribution in [0.1, 0.15) is 79.1 Å². The molecule has 2 heteroatoms. The Morgan fingerprint density at radius 1 is 1.11 bits per heavy atom. The van der Waals surface area contributed by atoms with E-state index in [0.717, 1.165) is 25.3 Å². The topological polar surface area (TPSA) is 26.0 Å². The van der Waals surface area contributed by atoms with Gasteiger partial charge in [-0.15, -0.1) is 11.6 Å². The number of nitrogens with two attached hydrogens (primary N) is 1. The molecular weight excluding hydrogens is 242 g/mol. The molecule has 0 fully saturated rings. The van der Waals surface area contributed by atoms with E-state index < -0.39 is 0 Å². The van der Waals surface area contributed by atoms with Crippen LogP contribution in [-0.4, -0.2) is 11.4 Å². The number of alkyl halides is 1. The zero-order chi connectivity index (χ0) is 14.0. The van der Waals surface area contributed by atoms with Crippen molar-refractivity contribution in [3.8, 4) is 0 Å². The van der Waals surface area contributed by atoms with Crippen LogP contribution in [0.5, 0.6) is 0 Å². The van der Waals surface area contributed by atoms with E-state index in [1.54, 1.807) is 0 Å². The summed E-state index contributed by atoms with van der Waals surface area (Å²) >= 11 is 6.64. The van der Waals surface area contributed by atoms with Crippen molar-refractivity contribution in [3.05, 3.63) is 0 Å². The fourth-order valence-electron chi connectivity index (χ4n) is 2.46. The van der Waals surface area contributed by atoms with Gasteiger partial charge in [-0.3, -0.25) is 0 Å². The summed E-state index contributed by atoms with van der Waals surface area (Å²) in [7, 11) is 0. The van der Waals surface area contributed by atoms with E-state index in [4.69, 9.17) is 17.3 Å². The maximum atomic E-state index is 6.64. The number of unbranched alkanes of at least 4 members (excludes halogenated alkanes) is 3. The Morgan fingerprint density at radius 2 is 1.78 bits per heavy atom. The molecule has 0 amide bonds. The zero-order valence-corrected chi connectivity index (χ0v) is 13.7. The molecule has 2 unspecified atom stereocenters. The highest BCUT2D eigenvalue weighted by molar-refractivity contribution is 6.23. The van der Waals surface area contributed by atoms with E-state index in [2.05, 4.69) is 27.7 Å². The molecule has 0 aliphatic rings. The molecule has 2 atom stereocenters. The van der Waals surface area contributed by atoms with Crippen molar-refractivity contribution in [1.82, 2.24) is 0 Å². The van der Waals surface area contributed by atoms with Crippen molar-refractivity contribution < 1.29 is 0 Å². The van der Waals surface area contributed by atoms with Crippen LogP contribution < -0.4 is 5.73 Å². The van der Waals surface area contributed by atoms with Crippen molar-refractivity contribution in [2.24, 2.45) is 17.6 Å². The van der Waals surface area contributed by atoms with E-state index in [9.17, 15) is 0 Å². The van der Waals surface area contributed by atoms with Gasteiger partial charge in [-0.1, -0.05) is 46.5 Å². The first-order chi connectivity index (χ1) is 8.41. The first kappa shape index (κ1) is 18.2. The number of halogens is 1. The number of hydrogen-bond acceptors (Lipinski definition) is 1. The van der Waals surface area contributed by atoms with Crippen LogP contribution in [0.2, 0.25) is 0 Å². The lowest BCUT2D eigenvalue weighted by molar-refractivity contribution is 0.354. The summed E-state index contributed by atoms with van der Waals surface area (Å²) < 4.78 is 0. The van der Waals surface area contributed by atoms with Gasteiger partial charge in [-0.2, -0.15) is 0 Å². The average Bonchev–Trinajstić information content (AvgIpc) is 2.30. The molecule has 0 saturated heterocycles. The van der Waals surface area contributed by atoms with Crippen LogP contribution in [0.25, 0.3) is 0 Å². The number of rotatable bonds is 11. The van der Waals surface area contributed by atoms with Gasteiger partial charge in [0.05, 0.1) is 0 Å². The molecule has 0 heterocycles. The third-order valence-electron chi connectivity index (χ3n) is 3.76. The average molecular weight is 276 g/mol. The molecule has 0 rings (SSSR count). The smallest absolute Gasteiger partial charge is 0.0422 e. The first-order valence-corrected chi connectivity index (χ1v) is 8.18. The van der Waals surface area contributed by atoms with Crippen molar-refractivity contribution in [1.29, 1.82) is 0 Å². The molecule has 2 N–H and O–H groups in total. The quantitative estimate of drug-likeness (QED) is 0.399. The van der Waals surface area contributed by atoms with Crippen LogP contribution in [-0.2, 0) is 0 Å². The molecule has 0 bridgehead atoms. The fraction of sp³-hybridized carbons (Fsp3) is 1.00. The van der Waals surface area contributed by atoms with Gasteiger partial charge in [0.2, 0.25) is 0 Å². The molecule has 110 valence electrons. The summed E-state index contributed by atoms with van der Waals surface area (Å²) in [5, 5.41) is 0. The largest absolute Gasteiger partial charge is 0.330 e. The fourth-order valence-corrected chi connectivity index (χ4v) is 2.78. The van der Waals surface area contributed by atoms with E-state index in [-0.39, 0.29) is 4.87 Å². The molecule has 0 spiro atoms. The normalized spacial score (nSPS) is 16.8. The van der Waals surface area contributed by atoms with E-state index in [0.29, 0.717) is 5.92 Å². The minimum Gasteiger partial charge on any atom is -0.330 e. The van der Waals surface area contributed by atoms with Crippen molar-refractivity contribution in [2.45, 2.75) is 83.9 Å². The van der Waals surface area contributed by atoms with Gasteiger partial charge in [-0.05, 0) is 51.0 Å². The van der Waals surface area contributed by atoms with Crippen molar-refractivity contribution >= 4 is 11.6 Å². The Kier molecular flexibility index (Phi) is 10.2. The van der Waals surface area contributed by atoms with Crippen LogP contribution in [0.15, 0.2) is 0 Å². The Morgan fingerprint density at radius 3 is 2.28 bits per heavy atom. The molecule has 0 radical (unpaired) electrons. The predicted molar refractivity (Wildman–Crippen MR) is 84.3 cm³/mol. The van der Waals surface area contributed by atoms with Crippen LogP contribution >= 0.6 is 11.6 Å². The van der Waals surface area contributed by atoms with Crippen LogP contribution in [0, 0.1) is 11.8 Å². The highest BCUT2D eigenvalue weighted by Crippen LogP contribution is 2.32. The molecule has 0 aromatic heterocycles. The predicted octanol–water partition coefficient (Wildman–Crippen LogP) is 5.36. The molecule has 0 aliphatic heterocycles. The molecule has 1 nitrogen and oxygen atoms in total. The summed E-state index contributed by atoms with van der Waals surface area (Å²) in [4.78, 5) is -0.0565. The molecule has 0 saturated carbocycles. The summed E-state index contributed by atoms with van der Waals surface area (Å²) in [6.45, 7) is 9.75. The van der Waals surface area contributed by atoms with Crippen molar-refractivity contribution in [3.63, 3.8) is 0 Å². The minimum atomic E-state index is -0.0565. The van der Waals surface area contributed by atoms with E-state index in [1.807, 2.05) is 0 Å². The summed E-state index contributed by atoms with van der Waals surface area (Å²) in [5.74, 6) is 1.35. The van der Waals surface area contributed by atoms with Gasteiger partial charge in [-0.25, -0.2) is 0 Å². The third kappa shape index (κ3) is 10.2. The summed E-state index contributed by atoms with van der Waals surface area (Å²) in [6.07, 6.45) is 9.96. The van der Waals surface area contributed by atoms with Gasteiger partial charge < -0.3 is 5.73 Å². The third-order valence-corrected chi connectivity index (χ3v) is 4.10. The van der Waals surface area contributed by atoms with E-state index >= 15 is 0 Å². The standard InChI is InChI=1S/C16H34ClN/c1-5-6-7-8-9-15(13-18)12-16(4,17)11-10-14(2)3/h14-15H,5-13,18H2,1-4H3. The van der Waals surface area contributed by atoms with Gasteiger partial charge in [0.1, 0.15) is 0 Å². The lowest BCUT2D eigenvalue weighted by Crippen LogP contribution is -2.26. The molecule has 0 aromatic rings. The second kappa shape index (κ2) is 10.1. The van der Waals surface area contributed by atoms with Gasteiger partial charge in [0, 0.05) is 4.87 Å². The van der Waals surface area contributed by atoms with Gasteiger partial charge in [0.15, 0.2) is 0 Å². The maximum absolute atomic E-state index is 6.64. The van der Waals surface area contributed by atoms with Crippen LogP contribution in [0.4, 0.5) is 0 Å². The summed E-state index contributed by atoms with van der Waals surface area (Å²) in [6, 6.07) is 0. The highest BCUT2D eigenvalue weighted by atomic mass is 35.5. The first-order valence-electron chi connectivity index (χ1n) is 7.80. The summed E-state index contributed by atoms with van der Waals surface area (Å²) in [5.41, 5.74) is 5.89. The monoisotopic (exact) mass is 275 g/mol. The molecular formula is C16H34ClN. The Bertz CT molecular complexity index is 190. The van der Waals surface area contributed by atoms with Crippen LogP contribution in [0.3, 0.4) is 0 Å². The van der Waals surface area contributed by atoms with Gasteiger partial charge >= 0.3 is 0 Å². The van der Waals surface area contributed by atoms with Gasteiger partial charge in [0.25, 0.3) is 0 Å². The van der Waals surface area contributed by atoms with E-state index in [1.165, 1.54) is 38.5 Å². The SMILES string of the molecule is CCCCCCC(CN)CC(C)(Cl)CCC(C)C. The lowest BCUT2D eigenvalue weighted by atomic mass is 9.87. The molecule has 0 aromatic carbocycles. The maximum Gasteiger partial charge on any atom is 0.0422 e.